The number of aryl methyl sites for hydroxylation is 1. The zero-order valence-corrected chi connectivity index (χ0v) is 12.2. The summed E-state index contributed by atoms with van der Waals surface area (Å²) in [7, 11) is 0. The summed E-state index contributed by atoms with van der Waals surface area (Å²) < 4.78 is 0. The predicted octanol–water partition coefficient (Wildman–Crippen LogP) is 4.96. The Kier molecular flexibility index (Phi) is 4.43. The van der Waals surface area contributed by atoms with Gasteiger partial charge in [0.25, 0.3) is 0 Å². The van der Waals surface area contributed by atoms with Crippen LogP contribution in [0.3, 0.4) is 0 Å². The second-order valence-electron chi connectivity index (χ2n) is 4.86. The highest BCUT2D eigenvalue weighted by Gasteiger charge is 2.11. The molecule has 2 aromatic rings. The lowest BCUT2D eigenvalue weighted by Crippen LogP contribution is -2.15. The standard InChI is InChI=1S/C16H19ClN2/c1-4-5-7-12(3)19-16-13-8-6-9-18-15(13)11(2)10-14(16)17/h4,6,8-10,12,19H,1,5,7H2,2-3H3. The highest BCUT2D eigenvalue weighted by Crippen LogP contribution is 2.33. The average molecular weight is 275 g/mol. The molecule has 1 atom stereocenters. The molecule has 0 aliphatic carbocycles. The summed E-state index contributed by atoms with van der Waals surface area (Å²) in [5.74, 6) is 0. The van der Waals surface area contributed by atoms with Crippen molar-refractivity contribution in [1.82, 2.24) is 4.98 Å². The monoisotopic (exact) mass is 274 g/mol. The van der Waals surface area contributed by atoms with Crippen LogP contribution < -0.4 is 5.32 Å². The third kappa shape index (κ3) is 3.07. The lowest BCUT2D eigenvalue weighted by molar-refractivity contribution is 0.720. The number of hydrogen-bond donors (Lipinski definition) is 1. The number of fused-ring (bicyclic) bond motifs is 1. The molecule has 0 radical (unpaired) electrons. The van der Waals surface area contributed by atoms with Gasteiger partial charge in [0.15, 0.2) is 0 Å². The number of benzene rings is 1. The molecule has 1 aromatic heterocycles. The van der Waals surface area contributed by atoms with Crippen molar-refractivity contribution in [3.63, 3.8) is 0 Å². The molecule has 0 amide bonds. The Balaban J connectivity index is 2.39. The highest BCUT2D eigenvalue weighted by molar-refractivity contribution is 6.35. The fourth-order valence-corrected chi connectivity index (χ4v) is 2.53. The first-order valence-corrected chi connectivity index (χ1v) is 6.92. The molecule has 19 heavy (non-hydrogen) atoms. The van der Waals surface area contributed by atoms with Crippen molar-refractivity contribution in [2.75, 3.05) is 5.32 Å². The van der Waals surface area contributed by atoms with Crippen LogP contribution in [0.1, 0.15) is 25.3 Å². The Labute approximate surface area is 119 Å². The number of nitrogens with zero attached hydrogens (tertiary/aromatic N) is 1. The normalized spacial score (nSPS) is 12.4. The number of aromatic nitrogens is 1. The van der Waals surface area contributed by atoms with Gasteiger partial charge in [0, 0.05) is 17.6 Å². The van der Waals surface area contributed by atoms with Gasteiger partial charge in [0.05, 0.1) is 16.2 Å². The van der Waals surface area contributed by atoms with E-state index in [4.69, 9.17) is 11.6 Å². The fraction of sp³-hybridized carbons (Fsp3) is 0.312. The first-order valence-electron chi connectivity index (χ1n) is 6.54. The smallest absolute Gasteiger partial charge is 0.0752 e. The van der Waals surface area contributed by atoms with Gasteiger partial charge in [-0.05, 0) is 50.5 Å². The van der Waals surface area contributed by atoms with E-state index in [0.717, 1.165) is 40.0 Å². The van der Waals surface area contributed by atoms with E-state index in [9.17, 15) is 0 Å². The van der Waals surface area contributed by atoms with Crippen LogP contribution in [0.15, 0.2) is 37.1 Å². The summed E-state index contributed by atoms with van der Waals surface area (Å²) in [4.78, 5) is 4.44. The van der Waals surface area contributed by atoms with E-state index >= 15 is 0 Å². The van der Waals surface area contributed by atoms with E-state index in [1.165, 1.54) is 0 Å². The van der Waals surface area contributed by atoms with Crippen molar-refractivity contribution < 1.29 is 0 Å². The number of halogens is 1. The van der Waals surface area contributed by atoms with Crippen LogP contribution in [0.25, 0.3) is 10.9 Å². The molecule has 1 aromatic carbocycles. The van der Waals surface area contributed by atoms with Crippen molar-refractivity contribution in [3.8, 4) is 0 Å². The second kappa shape index (κ2) is 6.07. The molecule has 0 saturated carbocycles. The van der Waals surface area contributed by atoms with Crippen LogP contribution in [-0.2, 0) is 0 Å². The average Bonchev–Trinajstić information content (AvgIpc) is 2.41. The maximum absolute atomic E-state index is 6.38. The van der Waals surface area contributed by atoms with Crippen LogP contribution in [0, 0.1) is 6.92 Å². The molecule has 2 nitrogen and oxygen atoms in total. The van der Waals surface area contributed by atoms with Gasteiger partial charge in [-0.15, -0.1) is 6.58 Å². The van der Waals surface area contributed by atoms with Crippen molar-refractivity contribution in [1.29, 1.82) is 0 Å². The molecule has 3 heteroatoms. The van der Waals surface area contributed by atoms with Gasteiger partial charge in [-0.1, -0.05) is 17.7 Å². The number of pyridine rings is 1. The van der Waals surface area contributed by atoms with Gasteiger partial charge in [-0.3, -0.25) is 4.98 Å². The van der Waals surface area contributed by atoms with E-state index in [-0.39, 0.29) is 0 Å². The van der Waals surface area contributed by atoms with Crippen molar-refractivity contribution in [2.24, 2.45) is 0 Å². The minimum Gasteiger partial charge on any atom is -0.381 e. The van der Waals surface area contributed by atoms with Crippen molar-refractivity contribution in [2.45, 2.75) is 32.7 Å². The third-order valence-corrected chi connectivity index (χ3v) is 3.53. The summed E-state index contributed by atoms with van der Waals surface area (Å²) in [5, 5.41) is 5.33. The molecule has 100 valence electrons. The quantitative estimate of drug-likeness (QED) is 0.779. The number of nitrogens with one attached hydrogen (secondary N) is 1. The molecule has 0 aliphatic rings. The maximum atomic E-state index is 6.38. The van der Waals surface area contributed by atoms with Gasteiger partial charge in [-0.2, -0.15) is 0 Å². The van der Waals surface area contributed by atoms with Crippen molar-refractivity contribution >= 4 is 28.2 Å². The van der Waals surface area contributed by atoms with Gasteiger partial charge < -0.3 is 5.32 Å². The first kappa shape index (κ1) is 13.9. The van der Waals surface area contributed by atoms with Crippen LogP contribution in [0.5, 0.6) is 0 Å². The minimum atomic E-state index is 0.349. The van der Waals surface area contributed by atoms with Crippen LogP contribution >= 0.6 is 11.6 Å². The Bertz CT molecular complexity index is 593. The third-order valence-electron chi connectivity index (χ3n) is 3.23. The zero-order chi connectivity index (χ0) is 13.8. The van der Waals surface area contributed by atoms with Crippen LogP contribution in [-0.4, -0.2) is 11.0 Å². The molecule has 0 fully saturated rings. The topological polar surface area (TPSA) is 24.9 Å². The molecule has 1 N–H and O–H groups in total. The molecule has 0 aliphatic heterocycles. The second-order valence-corrected chi connectivity index (χ2v) is 5.27. The molecule has 1 unspecified atom stereocenters. The molecule has 0 saturated heterocycles. The molecule has 0 spiro atoms. The summed E-state index contributed by atoms with van der Waals surface area (Å²) >= 11 is 6.38. The Morgan fingerprint density at radius 3 is 3.05 bits per heavy atom. The van der Waals surface area contributed by atoms with E-state index in [0.29, 0.717) is 6.04 Å². The van der Waals surface area contributed by atoms with E-state index in [1.54, 1.807) is 0 Å². The lowest BCUT2D eigenvalue weighted by atomic mass is 10.1. The fourth-order valence-electron chi connectivity index (χ4n) is 2.21. The summed E-state index contributed by atoms with van der Waals surface area (Å²) in [5.41, 5.74) is 3.09. The van der Waals surface area contributed by atoms with E-state index < -0.39 is 0 Å². The molecule has 1 heterocycles. The predicted molar refractivity (Wildman–Crippen MR) is 84.0 cm³/mol. The number of anilines is 1. The SMILES string of the molecule is C=CCCC(C)Nc1c(Cl)cc(C)c2ncccc12. The first-order chi connectivity index (χ1) is 9.13. The van der Waals surface area contributed by atoms with Crippen LogP contribution in [0.2, 0.25) is 5.02 Å². The van der Waals surface area contributed by atoms with Gasteiger partial charge in [0.2, 0.25) is 0 Å². The maximum Gasteiger partial charge on any atom is 0.0752 e. The zero-order valence-electron chi connectivity index (χ0n) is 11.4. The Morgan fingerprint density at radius 2 is 2.32 bits per heavy atom. The lowest BCUT2D eigenvalue weighted by Gasteiger charge is -2.18. The van der Waals surface area contributed by atoms with Gasteiger partial charge in [0.1, 0.15) is 0 Å². The minimum absolute atomic E-state index is 0.349. The van der Waals surface area contributed by atoms with Gasteiger partial charge in [-0.25, -0.2) is 0 Å². The largest absolute Gasteiger partial charge is 0.381 e. The van der Waals surface area contributed by atoms with Crippen LogP contribution in [0.4, 0.5) is 5.69 Å². The number of hydrogen-bond acceptors (Lipinski definition) is 2. The number of allylic oxidation sites excluding steroid dienone is 1. The molecule has 2 rings (SSSR count). The Morgan fingerprint density at radius 1 is 1.53 bits per heavy atom. The molecular formula is C16H19ClN2. The summed E-state index contributed by atoms with van der Waals surface area (Å²) in [6.07, 6.45) is 5.78. The van der Waals surface area contributed by atoms with Crippen molar-refractivity contribution in [3.05, 3.63) is 47.6 Å². The molecular weight excluding hydrogens is 256 g/mol. The van der Waals surface area contributed by atoms with E-state index in [2.05, 4.69) is 29.9 Å². The van der Waals surface area contributed by atoms with E-state index in [1.807, 2.05) is 31.3 Å². The Hall–Kier alpha value is -1.54. The highest BCUT2D eigenvalue weighted by atomic mass is 35.5. The summed E-state index contributed by atoms with van der Waals surface area (Å²) in [6.45, 7) is 7.94. The van der Waals surface area contributed by atoms with Gasteiger partial charge >= 0.3 is 0 Å². The molecule has 0 bridgehead atoms. The summed E-state index contributed by atoms with van der Waals surface area (Å²) in [6, 6.07) is 6.32. The number of rotatable bonds is 5.